The summed E-state index contributed by atoms with van der Waals surface area (Å²) in [5.41, 5.74) is 4.20. The molecule has 0 unspecified atom stereocenters. The minimum absolute atomic E-state index is 0.0985. The standard InChI is InChI=1S/C25H18F2N4O/c1-15-28-9-10-31(15)19-4-2-3-17(11-19)23-14-25(32)30-24-12-16(5-8-22(24)29-23)20-7-6-18(26)13-21(20)27/h2-13H,14H2,1H3,(H,30,32). The molecule has 1 aromatic heterocycles. The fourth-order valence-corrected chi connectivity index (χ4v) is 3.81. The van der Waals surface area contributed by atoms with Crippen molar-refractivity contribution < 1.29 is 13.6 Å². The summed E-state index contributed by atoms with van der Waals surface area (Å²) in [6.45, 7) is 1.92. The minimum atomic E-state index is -0.666. The molecule has 7 heteroatoms. The molecular weight excluding hydrogens is 410 g/mol. The molecule has 0 atom stereocenters. The molecule has 0 spiro atoms. The molecule has 1 aliphatic rings. The highest BCUT2D eigenvalue weighted by atomic mass is 19.1. The van der Waals surface area contributed by atoms with Crippen LogP contribution in [-0.4, -0.2) is 21.2 Å². The molecule has 0 aliphatic carbocycles. The molecular formula is C25H18F2N4O. The SMILES string of the molecule is Cc1nccn1-c1cccc(C2=Nc3ccc(-c4ccc(F)cc4F)cc3NC(=O)C2)c1. The minimum Gasteiger partial charge on any atom is -0.324 e. The molecule has 4 aromatic rings. The second-order valence-electron chi connectivity index (χ2n) is 7.53. The van der Waals surface area contributed by atoms with E-state index in [-0.39, 0.29) is 17.9 Å². The number of nitrogens with one attached hydrogen (secondary N) is 1. The first-order chi connectivity index (χ1) is 15.5. The Hall–Kier alpha value is -4.13. The van der Waals surface area contributed by atoms with E-state index in [2.05, 4.69) is 10.3 Å². The summed E-state index contributed by atoms with van der Waals surface area (Å²) in [4.78, 5) is 21.6. The van der Waals surface area contributed by atoms with Gasteiger partial charge in [-0.15, -0.1) is 0 Å². The van der Waals surface area contributed by atoms with Crippen molar-refractivity contribution in [1.82, 2.24) is 9.55 Å². The smallest absolute Gasteiger partial charge is 0.230 e. The highest BCUT2D eigenvalue weighted by Gasteiger charge is 2.19. The number of aryl methyl sites for hydroxylation is 1. The van der Waals surface area contributed by atoms with Crippen molar-refractivity contribution in [1.29, 1.82) is 0 Å². The van der Waals surface area contributed by atoms with Gasteiger partial charge >= 0.3 is 0 Å². The van der Waals surface area contributed by atoms with Crippen LogP contribution in [0.2, 0.25) is 0 Å². The van der Waals surface area contributed by atoms with E-state index >= 15 is 0 Å². The van der Waals surface area contributed by atoms with Gasteiger partial charge in [-0.3, -0.25) is 9.79 Å². The Balaban J connectivity index is 1.55. The number of hydrogen-bond donors (Lipinski definition) is 1. The Labute approximate surface area is 183 Å². The zero-order chi connectivity index (χ0) is 22.2. The number of imidazole rings is 1. The van der Waals surface area contributed by atoms with Gasteiger partial charge in [0.25, 0.3) is 0 Å². The van der Waals surface area contributed by atoms with Crippen molar-refractivity contribution in [3.8, 4) is 16.8 Å². The van der Waals surface area contributed by atoms with Gasteiger partial charge in [-0.25, -0.2) is 13.8 Å². The van der Waals surface area contributed by atoms with Gasteiger partial charge in [0.05, 0.1) is 23.5 Å². The number of anilines is 1. The van der Waals surface area contributed by atoms with Gasteiger partial charge in [0.1, 0.15) is 17.5 Å². The fourth-order valence-electron chi connectivity index (χ4n) is 3.81. The lowest BCUT2D eigenvalue weighted by molar-refractivity contribution is -0.115. The summed E-state index contributed by atoms with van der Waals surface area (Å²) in [6, 6.07) is 16.3. The molecule has 0 saturated heterocycles. The first kappa shape index (κ1) is 19.8. The van der Waals surface area contributed by atoms with Crippen molar-refractivity contribution in [2.45, 2.75) is 13.3 Å². The predicted molar refractivity (Wildman–Crippen MR) is 120 cm³/mol. The average molecular weight is 428 g/mol. The molecule has 158 valence electrons. The van der Waals surface area contributed by atoms with Crippen molar-refractivity contribution in [3.05, 3.63) is 96.1 Å². The number of halogens is 2. The van der Waals surface area contributed by atoms with E-state index in [0.29, 0.717) is 22.6 Å². The van der Waals surface area contributed by atoms with Gasteiger partial charge in [0.2, 0.25) is 5.91 Å². The van der Waals surface area contributed by atoms with Crippen LogP contribution in [0.4, 0.5) is 20.2 Å². The molecule has 5 nitrogen and oxygen atoms in total. The third-order valence-electron chi connectivity index (χ3n) is 5.38. The van der Waals surface area contributed by atoms with Gasteiger partial charge in [0, 0.05) is 29.7 Å². The van der Waals surface area contributed by atoms with Crippen LogP contribution < -0.4 is 5.32 Å². The maximum atomic E-state index is 14.2. The van der Waals surface area contributed by atoms with Crippen LogP contribution in [0.3, 0.4) is 0 Å². The van der Waals surface area contributed by atoms with Crippen LogP contribution in [0.15, 0.2) is 78.0 Å². The normalized spacial score (nSPS) is 13.2. The van der Waals surface area contributed by atoms with Gasteiger partial charge < -0.3 is 9.88 Å². The summed E-state index contributed by atoms with van der Waals surface area (Å²) in [5.74, 6) is -0.672. The molecule has 0 radical (unpaired) electrons. The third-order valence-corrected chi connectivity index (χ3v) is 5.38. The van der Waals surface area contributed by atoms with E-state index in [1.54, 1.807) is 24.4 Å². The van der Waals surface area contributed by atoms with Gasteiger partial charge in [-0.05, 0) is 54.4 Å². The number of rotatable bonds is 3. The van der Waals surface area contributed by atoms with Crippen molar-refractivity contribution in [2.24, 2.45) is 4.99 Å². The number of aliphatic imine (C=N–C) groups is 1. The lowest BCUT2D eigenvalue weighted by Gasteiger charge is -2.09. The molecule has 5 rings (SSSR count). The predicted octanol–water partition coefficient (Wildman–Crippen LogP) is 5.59. The molecule has 1 aliphatic heterocycles. The van der Waals surface area contributed by atoms with Crippen LogP contribution in [0.25, 0.3) is 16.8 Å². The number of aromatic nitrogens is 2. The number of carbonyl (C=O) groups excluding carboxylic acids is 1. The largest absolute Gasteiger partial charge is 0.324 e. The van der Waals surface area contributed by atoms with Crippen LogP contribution >= 0.6 is 0 Å². The monoisotopic (exact) mass is 428 g/mol. The Morgan fingerprint density at radius 2 is 1.88 bits per heavy atom. The maximum absolute atomic E-state index is 14.2. The molecule has 2 heterocycles. The highest BCUT2D eigenvalue weighted by Crippen LogP contribution is 2.34. The second kappa shape index (κ2) is 7.85. The highest BCUT2D eigenvalue weighted by molar-refractivity contribution is 6.17. The molecule has 32 heavy (non-hydrogen) atoms. The van der Waals surface area contributed by atoms with Crippen LogP contribution in [0.1, 0.15) is 17.8 Å². The fraction of sp³-hybridized carbons (Fsp3) is 0.0800. The molecule has 1 amide bonds. The summed E-state index contributed by atoms with van der Waals surface area (Å²) >= 11 is 0. The van der Waals surface area contributed by atoms with E-state index in [9.17, 15) is 13.6 Å². The molecule has 1 N–H and O–H groups in total. The lowest BCUT2D eigenvalue weighted by atomic mass is 10.0. The first-order valence-electron chi connectivity index (χ1n) is 10.1. The zero-order valence-electron chi connectivity index (χ0n) is 17.1. The Kier molecular flexibility index (Phi) is 4.86. The zero-order valence-corrected chi connectivity index (χ0v) is 17.1. The van der Waals surface area contributed by atoms with E-state index in [4.69, 9.17) is 4.99 Å². The summed E-state index contributed by atoms with van der Waals surface area (Å²) in [7, 11) is 0. The van der Waals surface area contributed by atoms with Crippen LogP contribution in [-0.2, 0) is 4.79 Å². The topological polar surface area (TPSA) is 59.3 Å². The average Bonchev–Trinajstić information content (AvgIpc) is 3.12. The number of nitrogens with zero attached hydrogens (tertiary/aromatic N) is 3. The quantitative estimate of drug-likeness (QED) is 0.463. The number of fused-ring (bicyclic) bond motifs is 1. The number of hydrogen-bond acceptors (Lipinski definition) is 3. The van der Waals surface area contributed by atoms with Crippen molar-refractivity contribution in [2.75, 3.05) is 5.32 Å². The van der Waals surface area contributed by atoms with Crippen LogP contribution in [0, 0.1) is 18.6 Å². The summed E-state index contributed by atoms with van der Waals surface area (Å²) in [5, 5.41) is 2.85. The van der Waals surface area contributed by atoms with Crippen LogP contribution in [0.5, 0.6) is 0 Å². The van der Waals surface area contributed by atoms with Crippen molar-refractivity contribution >= 4 is 23.0 Å². The molecule has 0 bridgehead atoms. The third kappa shape index (κ3) is 3.69. The lowest BCUT2D eigenvalue weighted by Crippen LogP contribution is -2.15. The van der Waals surface area contributed by atoms with E-state index in [0.717, 1.165) is 23.1 Å². The maximum Gasteiger partial charge on any atom is 0.230 e. The van der Waals surface area contributed by atoms with Crippen molar-refractivity contribution in [3.63, 3.8) is 0 Å². The van der Waals surface area contributed by atoms with E-state index in [1.165, 1.54) is 12.1 Å². The number of amides is 1. The first-order valence-corrected chi connectivity index (χ1v) is 10.1. The number of carbonyl (C=O) groups is 1. The van der Waals surface area contributed by atoms with Gasteiger partial charge in [-0.1, -0.05) is 18.2 Å². The summed E-state index contributed by atoms with van der Waals surface area (Å²) < 4.78 is 29.5. The molecule has 0 saturated carbocycles. The Morgan fingerprint density at radius 1 is 1.00 bits per heavy atom. The van der Waals surface area contributed by atoms with E-state index < -0.39 is 11.6 Å². The molecule has 3 aromatic carbocycles. The Morgan fingerprint density at radius 3 is 2.66 bits per heavy atom. The second-order valence-corrected chi connectivity index (χ2v) is 7.53. The Bertz CT molecular complexity index is 1390. The van der Waals surface area contributed by atoms with E-state index in [1.807, 2.05) is 42.0 Å². The molecule has 0 fully saturated rings. The number of benzene rings is 3. The van der Waals surface area contributed by atoms with Gasteiger partial charge in [-0.2, -0.15) is 0 Å². The summed E-state index contributed by atoms with van der Waals surface area (Å²) in [6.07, 6.45) is 3.71. The van der Waals surface area contributed by atoms with Gasteiger partial charge in [0.15, 0.2) is 0 Å².